The molecule has 1 saturated carbocycles. The number of hydrogen-bond acceptors (Lipinski definition) is 4. The van der Waals surface area contributed by atoms with Crippen LogP contribution in [0.5, 0.6) is 5.75 Å². The van der Waals surface area contributed by atoms with Crippen molar-refractivity contribution in [1.82, 2.24) is 5.32 Å². The van der Waals surface area contributed by atoms with Crippen molar-refractivity contribution in [2.45, 2.75) is 31.9 Å². The minimum Gasteiger partial charge on any atom is -0.483 e. The van der Waals surface area contributed by atoms with E-state index >= 15 is 0 Å². The highest BCUT2D eigenvalue weighted by molar-refractivity contribution is 6.30. The van der Waals surface area contributed by atoms with E-state index in [0.717, 1.165) is 19.4 Å². The van der Waals surface area contributed by atoms with Gasteiger partial charge in [-0.3, -0.25) is 10.1 Å². The van der Waals surface area contributed by atoms with Gasteiger partial charge in [0.25, 0.3) is 0 Å². The van der Waals surface area contributed by atoms with Crippen molar-refractivity contribution in [1.29, 1.82) is 0 Å². The lowest BCUT2D eigenvalue weighted by Gasteiger charge is -2.35. The number of benzene rings is 1. The van der Waals surface area contributed by atoms with E-state index in [1.54, 1.807) is 12.1 Å². The van der Waals surface area contributed by atoms with Gasteiger partial charge < -0.3 is 10.1 Å². The summed E-state index contributed by atoms with van der Waals surface area (Å²) in [5.74, 6) is 0.296. The van der Waals surface area contributed by atoms with E-state index in [0.29, 0.717) is 16.8 Å². The first-order valence-electron chi connectivity index (χ1n) is 5.94. The second-order valence-electron chi connectivity index (χ2n) is 4.34. The monoisotopic (exact) mass is 270 g/mol. The third-order valence-electron chi connectivity index (χ3n) is 3.00. The molecule has 0 radical (unpaired) electrons. The molecule has 1 aliphatic rings. The van der Waals surface area contributed by atoms with Crippen LogP contribution in [0.3, 0.4) is 0 Å². The molecule has 1 aromatic rings. The number of halogens is 1. The van der Waals surface area contributed by atoms with Crippen LogP contribution in [-0.2, 0) is 0 Å². The Bertz CT molecular complexity index is 447. The second kappa shape index (κ2) is 5.54. The van der Waals surface area contributed by atoms with Crippen molar-refractivity contribution >= 4 is 17.3 Å². The van der Waals surface area contributed by atoms with Gasteiger partial charge in [-0.05, 0) is 31.5 Å². The van der Waals surface area contributed by atoms with Gasteiger partial charge in [-0.15, -0.1) is 0 Å². The summed E-state index contributed by atoms with van der Waals surface area (Å²) in [6, 6.07) is 4.94. The molecule has 0 amide bonds. The lowest BCUT2D eigenvalue weighted by molar-refractivity contribution is -0.386. The second-order valence-corrected chi connectivity index (χ2v) is 4.77. The highest BCUT2D eigenvalue weighted by atomic mass is 35.5. The van der Waals surface area contributed by atoms with Crippen molar-refractivity contribution < 1.29 is 9.66 Å². The molecule has 0 heterocycles. The first-order chi connectivity index (χ1) is 8.60. The fourth-order valence-corrected chi connectivity index (χ4v) is 2.20. The Kier molecular flexibility index (Phi) is 4.04. The summed E-state index contributed by atoms with van der Waals surface area (Å²) in [6.45, 7) is 2.98. The SMILES string of the molecule is CCNC1CC(Oc2ccc(Cl)cc2[N+](=O)[O-])C1. The number of nitro groups is 1. The minimum absolute atomic E-state index is 0.0499. The van der Waals surface area contributed by atoms with E-state index in [1.807, 2.05) is 0 Å². The predicted octanol–water partition coefficient (Wildman–Crippen LogP) is 2.77. The fourth-order valence-electron chi connectivity index (χ4n) is 2.03. The van der Waals surface area contributed by atoms with E-state index in [1.165, 1.54) is 6.07 Å². The molecule has 0 saturated heterocycles. The smallest absolute Gasteiger partial charge is 0.312 e. The van der Waals surface area contributed by atoms with Crippen LogP contribution in [-0.4, -0.2) is 23.6 Å². The Morgan fingerprint density at radius 2 is 2.28 bits per heavy atom. The van der Waals surface area contributed by atoms with E-state index in [9.17, 15) is 10.1 Å². The van der Waals surface area contributed by atoms with Crippen molar-refractivity contribution in [3.05, 3.63) is 33.3 Å². The fraction of sp³-hybridized carbons (Fsp3) is 0.500. The molecule has 0 unspecified atom stereocenters. The van der Waals surface area contributed by atoms with Crippen LogP contribution < -0.4 is 10.1 Å². The zero-order valence-corrected chi connectivity index (χ0v) is 10.8. The predicted molar refractivity (Wildman–Crippen MR) is 69.2 cm³/mol. The Morgan fingerprint density at radius 3 is 2.89 bits per heavy atom. The average molecular weight is 271 g/mol. The van der Waals surface area contributed by atoms with Gasteiger partial charge >= 0.3 is 5.69 Å². The molecule has 1 fully saturated rings. The topological polar surface area (TPSA) is 64.4 Å². The summed E-state index contributed by atoms with van der Waals surface area (Å²) in [5.41, 5.74) is -0.0746. The molecule has 1 aliphatic carbocycles. The van der Waals surface area contributed by atoms with Crippen LogP contribution in [0.25, 0.3) is 0 Å². The molecule has 1 aromatic carbocycles. The number of nitrogens with one attached hydrogen (secondary N) is 1. The van der Waals surface area contributed by atoms with Gasteiger partial charge in [0.15, 0.2) is 5.75 Å². The molecule has 0 aliphatic heterocycles. The maximum atomic E-state index is 10.9. The van der Waals surface area contributed by atoms with Gasteiger partial charge in [-0.1, -0.05) is 18.5 Å². The van der Waals surface area contributed by atoms with Crippen molar-refractivity contribution in [3.63, 3.8) is 0 Å². The summed E-state index contributed by atoms with van der Waals surface area (Å²) in [5, 5.41) is 14.5. The van der Waals surface area contributed by atoms with Gasteiger partial charge in [0, 0.05) is 17.1 Å². The quantitative estimate of drug-likeness (QED) is 0.660. The lowest BCUT2D eigenvalue weighted by Crippen LogP contribution is -2.46. The highest BCUT2D eigenvalue weighted by Crippen LogP contribution is 2.34. The summed E-state index contributed by atoms with van der Waals surface area (Å²) in [6.07, 6.45) is 1.82. The number of nitro benzene ring substituents is 1. The molecule has 98 valence electrons. The molecule has 0 atom stereocenters. The van der Waals surface area contributed by atoms with E-state index < -0.39 is 4.92 Å². The first-order valence-corrected chi connectivity index (χ1v) is 6.32. The highest BCUT2D eigenvalue weighted by Gasteiger charge is 2.31. The molecule has 0 bridgehead atoms. The zero-order valence-electron chi connectivity index (χ0n) is 10.1. The van der Waals surface area contributed by atoms with Crippen LogP contribution in [0.15, 0.2) is 18.2 Å². The average Bonchev–Trinajstić information content (AvgIpc) is 2.28. The normalized spacial score (nSPS) is 22.3. The van der Waals surface area contributed by atoms with Crippen LogP contribution >= 0.6 is 11.6 Å². The largest absolute Gasteiger partial charge is 0.483 e. The molecule has 0 spiro atoms. The van der Waals surface area contributed by atoms with Gasteiger partial charge in [-0.2, -0.15) is 0 Å². The maximum Gasteiger partial charge on any atom is 0.312 e. The molecular formula is C12H15ClN2O3. The Labute approximate surface area is 110 Å². The third kappa shape index (κ3) is 2.91. The van der Waals surface area contributed by atoms with E-state index in [2.05, 4.69) is 12.2 Å². The van der Waals surface area contributed by atoms with Crippen LogP contribution in [0, 0.1) is 10.1 Å². The Hall–Kier alpha value is -1.33. The van der Waals surface area contributed by atoms with Gasteiger partial charge in [-0.25, -0.2) is 0 Å². The molecule has 2 rings (SSSR count). The van der Waals surface area contributed by atoms with Gasteiger partial charge in [0.05, 0.1) is 4.92 Å². The van der Waals surface area contributed by atoms with E-state index in [4.69, 9.17) is 16.3 Å². The summed E-state index contributed by atoms with van der Waals surface area (Å²) in [7, 11) is 0. The summed E-state index contributed by atoms with van der Waals surface area (Å²) in [4.78, 5) is 10.4. The number of hydrogen-bond donors (Lipinski definition) is 1. The third-order valence-corrected chi connectivity index (χ3v) is 3.23. The maximum absolute atomic E-state index is 10.9. The number of ether oxygens (including phenoxy) is 1. The molecule has 5 nitrogen and oxygen atoms in total. The van der Waals surface area contributed by atoms with Crippen LogP contribution in [0.2, 0.25) is 5.02 Å². The number of nitrogens with zero attached hydrogens (tertiary/aromatic N) is 1. The Morgan fingerprint density at radius 1 is 1.56 bits per heavy atom. The number of rotatable bonds is 5. The van der Waals surface area contributed by atoms with Crippen molar-refractivity contribution in [2.24, 2.45) is 0 Å². The van der Waals surface area contributed by atoms with Crippen LogP contribution in [0.1, 0.15) is 19.8 Å². The molecule has 6 heteroatoms. The van der Waals surface area contributed by atoms with Crippen LogP contribution in [0.4, 0.5) is 5.69 Å². The molecule has 0 aromatic heterocycles. The minimum atomic E-state index is -0.471. The van der Waals surface area contributed by atoms with Gasteiger partial charge in [0.2, 0.25) is 0 Å². The Balaban J connectivity index is 2.00. The van der Waals surface area contributed by atoms with E-state index in [-0.39, 0.29) is 11.8 Å². The molecular weight excluding hydrogens is 256 g/mol. The van der Waals surface area contributed by atoms with Crippen molar-refractivity contribution in [2.75, 3.05) is 6.54 Å². The molecule has 18 heavy (non-hydrogen) atoms. The zero-order chi connectivity index (χ0) is 13.1. The van der Waals surface area contributed by atoms with Gasteiger partial charge in [0.1, 0.15) is 6.10 Å². The van der Waals surface area contributed by atoms with Crippen molar-refractivity contribution in [3.8, 4) is 5.75 Å². The first kappa shape index (κ1) is 13.1. The standard InChI is InChI=1S/C12H15ClN2O3/c1-2-14-9-6-10(7-9)18-12-4-3-8(13)5-11(12)15(16)17/h3-5,9-10,14H,2,6-7H2,1H3. The molecule has 1 N–H and O–H groups in total. The summed E-state index contributed by atoms with van der Waals surface area (Å²) >= 11 is 5.74. The lowest BCUT2D eigenvalue weighted by atomic mass is 9.89. The summed E-state index contributed by atoms with van der Waals surface area (Å²) < 4.78 is 5.63.